The number of rotatable bonds is 3. The predicted octanol–water partition coefficient (Wildman–Crippen LogP) is 1.55. The van der Waals surface area contributed by atoms with E-state index in [0.29, 0.717) is 17.9 Å². The third-order valence-electron chi connectivity index (χ3n) is 1.85. The summed E-state index contributed by atoms with van der Waals surface area (Å²) in [6.45, 7) is 0.486. The lowest BCUT2D eigenvalue weighted by atomic mass is 10.3. The van der Waals surface area contributed by atoms with Crippen molar-refractivity contribution in [2.75, 3.05) is 5.32 Å². The molecule has 0 unspecified atom stereocenters. The van der Waals surface area contributed by atoms with Gasteiger partial charge in [0, 0.05) is 0 Å². The number of anilines is 1. The molecule has 74 valence electrons. The van der Waals surface area contributed by atoms with Gasteiger partial charge in [0.1, 0.15) is 11.8 Å². The lowest BCUT2D eigenvalue weighted by Gasteiger charge is -2.03. The Hall–Kier alpha value is -2.35. The number of aromatic nitrogens is 2. The number of nitrogens with zero attached hydrogens (tertiary/aromatic N) is 3. The van der Waals surface area contributed by atoms with Crippen molar-refractivity contribution in [3.05, 3.63) is 42.0 Å². The Balaban J connectivity index is 2.08. The van der Waals surface area contributed by atoms with Crippen LogP contribution in [0.15, 0.2) is 35.1 Å². The van der Waals surface area contributed by atoms with E-state index in [1.54, 1.807) is 18.4 Å². The van der Waals surface area contributed by atoms with Gasteiger partial charge in [0.25, 0.3) is 0 Å². The molecular formula is C10H8N4O. The Kier molecular flexibility index (Phi) is 2.61. The van der Waals surface area contributed by atoms with Crippen LogP contribution in [0.2, 0.25) is 0 Å². The van der Waals surface area contributed by atoms with Gasteiger partial charge in [-0.05, 0) is 18.2 Å². The maximum Gasteiger partial charge on any atom is 0.167 e. The van der Waals surface area contributed by atoms with E-state index < -0.39 is 0 Å². The molecule has 2 aromatic heterocycles. The molecular weight excluding hydrogens is 192 g/mol. The third-order valence-corrected chi connectivity index (χ3v) is 1.85. The number of hydrogen-bond acceptors (Lipinski definition) is 5. The molecule has 0 amide bonds. The highest BCUT2D eigenvalue weighted by Gasteiger charge is 2.03. The van der Waals surface area contributed by atoms with Crippen LogP contribution in [0, 0.1) is 11.3 Å². The van der Waals surface area contributed by atoms with Crippen molar-refractivity contribution >= 4 is 5.82 Å². The van der Waals surface area contributed by atoms with Gasteiger partial charge in [-0.1, -0.05) is 0 Å². The lowest BCUT2D eigenvalue weighted by Crippen LogP contribution is -2.03. The highest BCUT2D eigenvalue weighted by Crippen LogP contribution is 2.10. The van der Waals surface area contributed by atoms with Gasteiger partial charge < -0.3 is 9.73 Å². The van der Waals surface area contributed by atoms with Gasteiger partial charge in [0.2, 0.25) is 0 Å². The minimum absolute atomic E-state index is 0.469. The van der Waals surface area contributed by atoms with E-state index in [2.05, 4.69) is 15.5 Å². The Morgan fingerprint density at radius 2 is 2.40 bits per heavy atom. The molecule has 5 nitrogen and oxygen atoms in total. The van der Waals surface area contributed by atoms with E-state index in [-0.39, 0.29) is 0 Å². The van der Waals surface area contributed by atoms with Crippen LogP contribution in [0.4, 0.5) is 5.82 Å². The molecule has 1 N–H and O–H groups in total. The van der Waals surface area contributed by atoms with E-state index in [1.165, 1.54) is 6.20 Å². The predicted molar refractivity (Wildman–Crippen MR) is 52.8 cm³/mol. The summed E-state index contributed by atoms with van der Waals surface area (Å²) < 4.78 is 5.14. The number of hydrogen-bond donors (Lipinski definition) is 1. The van der Waals surface area contributed by atoms with Crippen molar-refractivity contribution in [1.82, 2.24) is 10.2 Å². The second-order valence-electron chi connectivity index (χ2n) is 2.84. The average molecular weight is 200 g/mol. The molecule has 0 spiro atoms. The average Bonchev–Trinajstić information content (AvgIpc) is 2.79. The van der Waals surface area contributed by atoms with E-state index in [9.17, 15) is 0 Å². The smallest absolute Gasteiger partial charge is 0.167 e. The van der Waals surface area contributed by atoms with E-state index in [1.807, 2.05) is 12.1 Å². The van der Waals surface area contributed by atoms with Gasteiger partial charge >= 0.3 is 0 Å². The van der Waals surface area contributed by atoms with Crippen molar-refractivity contribution in [2.45, 2.75) is 6.54 Å². The van der Waals surface area contributed by atoms with Crippen LogP contribution in [0.3, 0.4) is 0 Å². The molecule has 0 aromatic carbocycles. The third kappa shape index (κ3) is 2.11. The molecule has 2 aromatic rings. The van der Waals surface area contributed by atoms with Gasteiger partial charge in [0.05, 0.1) is 24.6 Å². The molecule has 0 radical (unpaired) electrons. The maximum atomic E-state index is 8.79. The van der Waals surface area contributed by atoms with Gasteiger partial charge in [-0.3, -0.25) is 0 Å². The lowest BCUT2D eigenvalue weighted by molar-refractivity contribution is 0.517. The monoisotopic (exact) mass is 200 g/mol. The summed E-state index contributed by atoms with van der Waals surface area (Å²) in [7, 11) is 0. The van der Waals surface area contributed by atoms with Crippen LogP contribution >= 0.6 is 0 Å². The topological polar surface area (TPSA) is 74.7 Å². The molecule has 0 saturated heterocycles. The Bertz CT molecular complexity index is 472. The van der Waals surface area contributed by atoms with Crippen molar-refractivity contribution < 1.29 is 4.42 Å². The second-order valence-corrected chi connectivity index (χ2v) is 2.84. The van der Waals surface area contributed by atoms with Crippen LogP contribution in [0.1, 0.15) is 11.3 Å². The van der Waals surface area contributed by atoms with Crippen LogP contribution in [0.5, 0.6) is 0 Å². The van der Waals surface area contributed by atoms with Crippen LogP contribution < -0.4 is 5.32 Å². The van der Waals surface area contributed by atoms with E-state index in [0.717, 1.165) is 5.76 Å². The van der Waals surface area contributed by atoms with E-state index in [4.69, 9.17) is 9.68 Å². The summed E-state index contributed by atoms with van der Waals surface area (Å²) in [5.41, 5.74) is 0.469. The second kappa shape index (κ2) is 4.24. The summed E-state index contributed by atoms with van der Waals surface area (Å²) in [5.74, 6) is 1.25. The summed E-state index contributed by atoms with van der Waals surface area (Å²) in [6, 6.07) is 7.29. The molecule has 0 saturated carbocycles. The molecule has 0 aliphatic carbocycles. The molecule has 0 aliphatic rings. The maximum absolute atomic E-state index is 8.79. The highest BCUT2D eigenvalue weighted by atomic mass is 16.3. The van der Waals surface area contributed by atoms with Crippen molar-refractivity contribution in [1.29, 1.82) is 5.26 Å². The number of nitriles is 1. The Morgan fingerprint density at radius 3 is 3.13 bits per heavy atom. The van der Waals surface area contributed by atoms with E-state index >= 15 is 0 Å². The summed E-state index contributed by atoms with van der Waals surface area (Å²) in [5, 5.41) is 19.3. The summed E-state index contributed by atoms with van der Waals surface area (Å²) in [6.07, 6.45) is 3.08. The minimum atomic E-state index is 0.469. The Morgan fingerprint density at radius 1 is 1.47 bits per heavy atom. The zero-order valence-corrected chi connectivity index (χ0v) is 7.84. The largest absolute Gasteiger partial charge is 0.467 e. The van der Waals surface area contributed by atoms with Gasteiger partial charge in [-0.15, -0.1) is 5.10 Å². The first-order chi connectivity index (χ1) is 7.40. The zero-order valence-electron chi connectivity index (χ0n) is 7.84. The molecule has 0 fully saturated rings. The first kappa shape index (κ1) is 9.21. The van der Waals surface area contributed by atoms with Crippen molar-refractivity contribution in [2.24, 2.45) is 0 Å². The van der Waals surface area contributed by atoms with Crippen LogP contribution in [-0.4, -0.2) is 10.2 Å². The molecule has 2 heterocycles. The fraction of sp³-hybridized carbons (Fsp3) is 0.100. The molecule has 0 atom stereocenters. The van der Waals surface area contributed by atoms with Gasteiger partial charge in [0.15, 0.2) is 5.82 Å². The minimum Gasteiger partial charge on any atom is -0.467 e. The molecule has 5 heteroatoms. The normalized spacial score (nSPS) is 9.53. The first-order valence-electron chi connectivity index (χ1n) is 4.38. The summed E-state index contributed by atoms with van der Waals surface area (Å²) >= 11 is 0. The molecule has 2 rings (SSSR count). The first-order valence-corrected chi connectivity index (χ1v) is 4.38. The Labute approximate surface area is 86.4 Å². The van der Waals surface area contributed by atoms with Crippen molar-refractivity contribution in [3.8, 4) is 6.07 Å². The zero-order chi connectivity index (χ0) is 10.5. The quantitative estimate of drug-likeness (QED) is 0.813. The number of furan rings is 1. The highest BCUT2D eigenvalue weighted by molar-refractivity contribution is 5.50. The number of nitrogens with one attached hydrogen (secondary N) is 1. The summed E-state index contributed by atoms with van der Waals surface area (Å²) in [4.78, 5) is 0. The fourth-order valence-electron chi connectivity index (χ4n) is 1.14. The van der Waals surface area contributed by atoms with Crippen molar-refractivity contribution in [3.63, 3.8) is 0 Å². The molecule has 0 aliphatic heterocycles. The standard InChI is InChI=1S/C10H8N4O/c11-6-8-3-4-13-14-10(8)12-7-9-2-1-5-15-9/h1-5H,7H2,(H,12,14). The van der Waals surface area contributed by atoms with Gasteiger partial charge in [-0.25, -0.2) is 0 Å². The molecule has 0 bridgehead atoms. The van der Waals surface area contributed by atoms with Gasteiger partial charge in [-0.2, -0.15) is 10.4 Å². The fourth-order valence-corrected chi connectivity index (χ4v) is 1.14. The molecule has 15 heavy (non-hydrogen) atoms. The van der Waals surface area contributed by atoms with Crippen LogP contribution in [0.25, 0.3) is 0 Å². The van der Waals surface area contributed by atoms with Crippen LogP contribution in [-0.2, 0) is 6.54 Å². The SMILES string of the molecule is N#Cc1ccnnc1NCc1ccco1.